The van der Waals surface area contributed by atoms with Gasteiger partial charge in [-0.1, -0.05) is 0 Å². The third kappa shape index (κ3) is 8.01. The van der Waals surface area contributed by atoms with E-state index in [4.69, 9.17) is 4.74 Å². The SMILES string of the molecule is CC(F)(SOO[O-])C(=O)OCC12CC3CC(CC(O)(C3)C1)C2.O=C(OCC12CC3CC(CC(O)(C3)C1)C2)C(SOO[O-])(C(F)(F)F)C(F)(F)F. The third-order valence-corrected chi connectivity index (χ3v) is 12.8. The lowest BCUT2D eigenvalue weighted by atomic mass is 9.48. The van der Waals surface area contributed by atoms with Crippen molar-refractivity contribution < 1.29 is 89.3 Å². The molecule has 0 aliphatic heterocycles. The molecule has 5 atom stereocenters. The van der Waals surface area contributed by atoms with Crippen LogP contribution < -0.4 is 10.5 Å². The van der Waals surface area contributed by atoms with Crippen molar-refractivity contribution in [2.24, 2.45) is 34.5 Å². The molecule has 21 heteroatoms. The number of hydrogen-bond acceptors (Lipinski definition) is 14. The van der Waals surface area contributed by atoms with Crippen molar-refractivity contribution in [3.8, 4) is 0 Å². The quantitative estimate of drug-likeness (QED) is 0.0956. The molecular weight excluding hydrogens is 737 g/mol. The minimum atomic E-state index is -6.18. The minimum Gasteiger partial charge on any atom is -0.691 e. The summed E-state index contributed by atoms with van der Waals surface area (Å²) in [5.41, 5.74) is -2.79. The van der Waals surface area contributed by atoms with Crippen molar-refractivity contribution in [2.75, 3.05) is 13.2 Å². The Hall–Kier alpha value is -1.17. The summed E-state index contributed by atoms with van der Waals surface area (Å²) in [5.74, 6) is -2.63. The maximum absolute atomic E-state index is 14.0. The number of carbonyl (C=O) groups is 2. The van der Waals surface area contributed by atoms with Crippen LogP contribution in [0.2, 0.25) is 0 Å². The fraction of sp³-hybridized carbons (Fsp3) is 0.931. The zero-order valence-corrected chi connectivity index (χ0v) is 28.3. The lowest BCUT2D eigenvalue weighted by molar-refractivity contribution is -0.777. The van der Waals surface area contributed by atoms with Gasteiger partial charge in [-0.3, -0.25) is 10.1 Å². The lowest BCUT2D eigenvalue weighted by Gasteiger charge is -2.60. The van der Waals surface area contributed by atoms with Gasteiger partial charge in [-0.25, -0.2) is 14.0 Å². The van der Waals surface area contributed by atoms with E-state index in [1.807, 2.05) is 0 Å². The summed E-state index contributed by atoms with van der Waals surface area (Å²) in [6, 6.07) is 0. The van der Waals surface area contributed by atoms with Crippen LogP contribution in [0.25, 0.3) is 0 Å². The normalized spacial score (nSPS) is 38.3. The predicted molar refractivity (Wildman–Crippen MR) is 150 cm³/mol. The van der Waals surface area contributed by atoms with E-state index < -0.39 is 69.3 Å². The van der Waals surface area contributed by atoms with Crippen LogP contribution in [-0.2, 0) is 37.8 Å². The Morgan fingerprint density at radius 3 is 1.36 bits per heavy atom. The van der Waals surface area contributed by atoms with Crippen molar-refractivity contribution in [3.63, 3.8) is 0 Å². The Balaban J connectivity index is 0.000000200. The maximum Gasteiger partial charge on any atom is 0.425 e. The second-order valence-corrected chi connectivity index (χ2v) is 17.5. The summed E-state index contributed by atoms with van der Waals surface area (Å²) < 4.78 is 105. The van der Waals surface area contributed by atoms with Gasteiger partial charge in [0, 0.05) is 10.8 Å². The molecule has 288 valence electrons. The van der Waals surface area contributed by atoms with E-state index in [2.05, 4.69) is 23.5 Å². The van der Waals surface area contributed by atoms with Gasteiger partial charge in [0.05, 0.1) is 48.5 Å². The molecule has 0 spiro atoms. The van der Waals surface area contributed by atoms with Gasteiger partial charge in [-0.2, -0.15) is 35.0 Å². The summed E-state index contributed by atoms with van der Waals surface area (Å²) >= 11 is -1.52. The number of rotatable bonds is 12. The zero-order chi connectivity index (χ0) is 37.0. The topological polar surface area (TPSA) is 176 Å². The number of aliphatic hydroxyl groups is 2. The first-order valence-corrected chi connectivity index (χ1v) is 17.4. The molecule has 2 N–H and O–H groups in total. The number of halogens is 7. The molecule has 12 nitrogen and oxygen atoms in total. The highest BCUT2D eigenvalue weighted by Crippen LogP contribution is 2.63. The van der Waals surface area contributed by atoms with Gasteiger partial charge < -0.3 is 30.2 Å². The molecule has 0 aromatic heterocycles. The first-order valence-electron chi connectivity index (χ1n) is 15.9. The fourth-order valence-electron chi connectivity index (χ4n) is 10.5. The van der Waals surface area contributed by atoms with Crippen molar-refractivity contribution in [1.82, 2.24) is 0 Å². The van der Waals surface area contributed by atoms with Gasteiger partial charge in [-0.05, 0) is 108 Å². The number of hydrogen-bond donors (Lipinski definition) is 2. The first kappa shape index (κ1) is 40.0. The minimum absolute atomic E-state index is 0.0223. The molecule has 0 heterocycles. The molecule has 8 fully saturated rings. The summed E-state index contributed by atoms with van der Waals surface area (Å²) in [6.45, 7) is 0.361. The van der Waals surface area contributed by atoms with Crippen molar-refractivity contribution >= 4 is 36.0 Å². The molecule has 8 rings (SSSR count). The van der Waals surface area contributed by atoms with Gasteiger partial charge in [0.1, 0.15) is 0 Å². The molecule has 8 bridgehead atoms. The molecule has 0 saturated heterocycles. The average molecular weight is 775 g/mol. The summed E-state index contributed by atoms with van der Waals surface area (Å²) in [6.07, 6.45) is -4.20. The highest BCUT2D eigenvalue weighted by atomic mass is 32.2. The van der Waals surface area contributed by atoms with Gasteiger partial charge >= 0.3 is 29.0 Å². The average Bonchev–Trinajstić information content (AvgIpc) is 2.94. The van der Waals surface area contributed by atoms with Gasteiger partial charge in [0.25, 0.3) is 5.00 Å². The van der Waals surface area contributed by atoms with E-state index in [9.17, 15) is 61.0 Å². The second kappa shape index (κ2) is 13.9. The van der Waals surface area contributed by atoms with Crippen LogP contribution in [0.3, 0.4) is 0 Å². The molecule has 0 aromatic rings. The zero-order valence-electron chi connectivity index (χ0n) is 26.6. The smallest absolute Gasteiger partial charge is 0.425 e. The number of esters is 2. The summed E-state index contributed by atoms with van der Waals surface area (Å²) in [5, 5.41) is 43.9. The molecule has 8 aliphatic rings. The van der Waals surface area contributed by atoms with Crippen LogP contribution in [-0.4, -0.2) is 68.7 Å². The van der Waals surface area contributed by atoms with E-state index in [1.54, 1.807) is 0 Å². The fourth-order valence-corrected chi connectivity index (χ4v) is 11.2. The number of alkyl halides is 7. The monoisotopic (exact) mass is 774 g/mol. The van der Waals surface area contributed by atoms with Crippen LogP contribution >= 0.6 is 24.1 Å². The molecule has 8 saturated carbocycles. The van der Waals surface area contributed by atoms with E-state index in [0.29, 0.717) is 43.9 Å². The molecule has 0 aromatic carbocycles. The Bertz CT molecular complexity index is 1230. The second-order valence-electron chi connectivity index (χ2n) is 15.6. The Morgan fingerprint density at radius 2 is 1.02 bits per heavy atom. The predicted octanol–water partition coefficient (Wildman–Crippen LogP) is 4.01. The first-order chi connectivity index (χ1) is 23.0. The van der Waals surface area contributed by atoms with Crippen LogP contribution in [0.4, 0.5) is 30.7 Å². The van der Waals surface area contributed by atoms with Crippen LogP contribution in [0, 0.1) is 34.5 Å². The van der Waals surface area contributed by atoms with E-state index in [1.165, 1.54) is 0 Å². The summed E-state index contributed by atoms with van der Waals surface area (Å²) in [7, 11) is 0. The molecular formula is C29H37F7O12S2-2. The Labute approximate surface area is 290 Å². The van der Waals surface area contributed by atoms with E-state index >= 15 is 0 Å². The molecule has 5 unspecified atom stereocenters. The molecule has 8 aliphatic carbocycles. The molecule has 0 radical (unpaired) electrons. The van der Waals surface area contributed by atoms with Crippen LogP contribution in [0.15, 0.2) is 0 Å². The van der Waals surface area contributed by atoms with Crippen LogP contribution in [0.1, 0.15) is 84.0 Å². The third-order valence-electron chi connectivity index (χ3n) is 11.2. The van der Waals surface area contributed by atoms with Gasteiger partial charge in [0.15, 0.2) is 0 Å². The van der Waals surface area contributed by atoms with Gasteiger partial charge in [0.2, 0.25) is 0 Å². The number of ether oxygens (including phenoxy) is 2. The highest BCUT2D eigenvalue weighted by molar-refractivity contribution is 7.97. The maximum atomic E-state index is 14.0. The highest BCUT2D eigenvalue weighted by Gasteiger charge is 2.79. The Kier molecular flexibility index (Phi) is 11.1. The van der Waals surface area contributed by atoms with E-state index in [0.717, 1.165) is 45.4 Å². The van der Waals surface area contributed by atoms with Crippen molar-refractivity contribution in [2.45, 2.75) is 117 Å². The standard InChI is InChI=1S/C15H18F6O6S.C14H21FO6S/c16-14(17,18)13(15(19,20)21,28-27-26-24)10(22)25-7-11-2-8-1-9(3-11)5-12(23,4-8)6-11;1-12(15,22-21-20-18)11(16)19-8-13-3-9-2-10(4-13)6-14(17,5-9)7-13/h8-9,23-24H,1-7H2;9-10,17-18H,2-8H2,1H3/p-2. The van der Waals surface area contributed by atoms with Crippen molar-refractivity contribution in [3.05, 3.63) is 0 Å². The largest absolute Gasteiger partial charge is 0.691 e. The summed E-state index contributed by atoms with van der Waals surface area (Å²) in [4.78, 5) is 23.9. The van der Waals surface area contributed by atoms with Gasteiger partial charge in [-0.15, -0.1) is 0 Å². The van der Waals surface area contributed by atoms with Crippen LogP contribution in [0.5, 0.6) is 0 Å². The lowest BCUT2D eigenvalue weighted by Crippen LogP contribution is -2.62. The van der Waals surface area contributed by atoms with Crippen molar-refractivity contribution in [1.29, 1.82) is 0 Å². The van der Waals surface area contributed by atoms with E-state index in [-0.39, 0.29) is 42.3 Å². The Morgan fingerprint density at radius 1 is 0.660 bits per heavy atom. The molecule has 50 heavy (non-hydrogen) atoms. The molecule has 0 amide bonds. The number of carbonyl (C=O) groups excluding carboxylic acids is 2.